The van der Waals surface area contributed by atoms with Crippen LogP contribution in [0.4, 0.5) is 11.4 Å². The highest BCUT2D eigenvalue weighted by Crippen LogP contribution is 2.32. The van der Waals surface area contributed by atoms with Crippen molar-refractivity contribution in [3.05, 3.63) is 18.2 Å². The average molecular weight is 192 g/mol. The van der Waals surface area contributed by atoms with Crippen LogP contribution >= 0.6 is 0 Å². The minimum atomic E-state index is 0.0608. The molecule has 1 amide bonds. The van der Waals surface area contributed by atoms with Crippen molar-refractivity contribution in [3.63, 3.8) is 0 Å². The van der Waals surface area contributed by atoms with Crippen LogP contribution in [0.1, 0.15) is 6.92 Å². The number of rotatable bonds is 1. The SMILES string of the molecule is CCN1C(=O)CNc2cc(O)ccc21. The molecule has 0 atom stereocenters. The lowest BCUT2D eigenvalue weighted by Crippen LogP contribution is -2.39. The number of carbonyl (C=O) groups excluding carboxylic acids is 1. The van der Waals surface area contributed by atoms with Crippen molar-refractivity contribution in [2.24, 2.45) is 0 Å². The van der Waals surface area contributed by atoms with Crippen LogP contribution in [0.15, 0.2) is 18.2 Å². The predicted molar refractivity (Wildman–Crippen MR) is 54.6 cm³/mol. The second-order valence-electron chi connectivity index (χ2n) is 3.19. The number of hydrogen-bond donors (Lipinski definition) is 2. The molecule has 1 aliphatic heterocycles. The van der Waals surface area contributed by atoms with Gasteiger partial charge in [-0.05, 0) is 19.1 Å². The minimum absolute atomic E-state index is 0.0608. The number of phenolic OH excluding ortho intramolecular Hbond substituents is 1. The van der Waals surface area contributed by atoms with E-state index < -0.39 is 0 Å². The summed E-state index contributed by atoms with van der Waals surface area (Å²) in [5, 5.41) is 12.2. The molecule has 0 aliphatic carbocycles. The van der Waals surface area contributed by atoms with Crippen LogP contribution in [0.25, 0.3) is 0 Å². The number of likely N-dealkylation sites (N-methyl/N-ethyl adjacent to an activating group) is 1. The summed E-state index contributed by atoms with van der Waals surface area (Å²) in [6.07, 6.45) is 0. The van der Waals surface area contributed by atoms with E-state index in [1.807, 2.05) is 6.92 Å². The van der Waals surface area contributed by atoms with Gasteiger partial charge < -0.3 is 15.3 Å². The Balaban J connectivity index is 2.47. The molecule has 1 aromatic carbocycles. The molecule has 1 heterocycles. The number of benzene rings is 1. The van der Waals surface area contributed by atoms with Gasteiger partial charge in [0.05, 0.1) is 17.9 Å². The lowest BCUT2D eigenvalue weighted by molar-refractivity contribution is -0.117. The van der Waals surface area contributed by atoms with E-state index in [-0.39, 0.29) is 11.7 Å². The van der Waals surface area contributed by atoms with Gasteiger partial charge in [0.15, 0.2) is 0 Å². The van der Waals surface area contributed by atoms with Crippen LogP contribution in [0.2, 0.25) is 0 Å². The molecule has 4 nitrogen and oxygen atoms in total. The number of aromatic hydroxyl groups is 1. The van der Waals surface area contributed by atoms with Gasteiger partial charge in [-0.15, -0.1) is 0 Å². The van der Waals surface area contributed by atoms with Gasteiger partial charge in [-0.1, -0.05) is 0 Å². The Hall–Kier alpha value is -1.71. The first-order chi connectivity index (χ1) is 6.72. The average Bonchev–Trinajstić information content (AvgIpc) is 2.18. The highest BCUT2D eigenvalue weighted by Gasteiger charge is 2.22. The van der Waals surface area contributed by atoms with Crippen LogP contribution in [0.3, 0.4) is 0 Å². The van der Waals surface area contributed by atoms with Gasteiger partial charge in [0.2, 0.25) is 5.91 Å². The Morgan fingerprint density at radius 2 is 2.36 bits per heavy atom. The second-order valence-corrected chi connectivity index (χ2v) is 3.19. The van der Waals surface area contributed by atoms with Crippen LogP contribution in [-0.2, 0) is 4.79 Å². The number of hydrogen-bond acceptors (Lipinski definition) is 3. The van der Waals surface area contributed by atoms with Crippen molar-refractivity contribution in [2.45, 2.75) is 6.92 Å². The molecule has 14 heavy (non-hydrogen) atoms. The standard InChI is InChI=1S/C10H12N2O2/c1-2-12-9-4-3-7(13)5-8(9)11-6-10(12)14/h3-5,11,13H,2,6H2,1H3. The number of carbonyl (C=O) groups is 1. The first kappa shape index (κ1) is 8.87. The van der Waals surface area contributed by atoms with Crippen LogP contribution in [0.5, 0.6) is 5.75 Å². The fourth-order valence-corrected chi connectivity index (χ4v) is 1.65. The fourth-order valence-electron chi connectivity index (χ4n) is 1.65. The normalized spacial score (nSPS) is 14.9. The molecule has 0 aromatic heterocycles. The summed E-state index contributed by atoms with van der Waals surface area (Å²) in [6.45, 7) is 2.88. The molecular formula is C10H12N2O2. The van der Waals surface area contributed by atoms with Crippen molar-refractivity contribution >= 4 is 17.3 Å². The van der Waals surface area contributed by atoms with E-state index in [9.17, 15) is 9.90 Å². The maximum Gasteiger partial charge on any atom is 0.246 e. The molecule has 0 spiro atoms. The third-order valence-electron chi connectivity index (χ3n) is 2.32. The molecule has 0 saturated carbocycles. The molecule has 4 heteroatoms. The van der Waals surface area contributed by atoms with Crippen molar-refractivity contribution in [3.8, 4) is 5.75 Å². The fraction of sp³-hybridized carbons (Fsp3) is 0.300. The molecule has 0 unspecified atom stereocenters. The van der Waals surface area contributed by atoms with Crippen LogP contribution < -0.4 is 10.2 Å². The molecular weight excluding hydrogens is 180 g/mol. The summed E-state index contributed by atoms with van der Waals surface area (Å²) in [4.78, 5) is 13.2. The molecule has 1 aliphatic rings. The van der Waals surface area contributed by atoms with E-state index in [1.54, 1.807) is 23.1 Å². The molecule has 2 rings (SSSR count). The number of fused-ring (bicyclic) bond motifs is 1. The van der Waals surface area contributed by atoms with E-state index in [4.69, 9.17) is 0 Å². The lowest BCUT2D eigenvalue weighted by Gasteiger charge is -2.29. The van der Waals surface area contributed by atoms with Crippen molar-refractivity contribution in [2.75, 3.05) is 23.3 Å². The molecule has 0 saturated heterocycles. The Labute approximate surface area is 82.2 Å². The molecule has 0 bridgehead atoms. The maximum absolute atomic E-state index is 11.5. The number of nitrogens with one attached hydrogen (secondary N) is 1. The number of nitrogens with zero attached hydrogens (tertiary/aromatic N) is 1. The summed E-state index contributed by atoms with van der Waals surface area (Å²) in [5.41, 5.74) is 1.65. The van der Waals surface area contributed by atoms with E-state index in [0.29, 0.717) is 13.1 Å². The molecule has 1 aromatic rings. The zero-order valence-corrected chi connectivity index (χ0v) is 7.95. The monoisotopic (exact) mass is 192 g/mol. The Kier molecular flexibility index (Phi) is 2.04. The van der Waals surface area contributed by atoms with Crippen LogP contribution in [-0.4, -0.2) is 24.1 Å². The third kappa shape index (κ3) is 1.28. The lowest BCUT2D eigenvalue weighted by atomic mass is 10.2. The maximum atomic E-state index is 11.5. The van der Waals surface area contributed by atoms with Gasteiger partial charge >= 0.3 is 0 Å². The zero-order chi connectivity index (χ0) is 10.1. The van der Waals surface area contributed by atoms with E-state index in [1.165, 1.54) is 0 Å². The summed E-state index contributed by atoms with van der Waals surface area (Å²) in [6, 6.07) is 4.96. The van der Waals surface area contributed by atoms with Crippen molar-refractivity contribution in [1.82, 2.24) is 0 Å². The van der Waals surface area contributed by atoms with Gasteiger partial charge in [0.1, 0.15) is 5.75 Å². The highest BCUT2D eigenvalue weighted by atomic mass is 16.3. The van der Waals surface area contributed by atoms with Crippen LogP contribution in [0, 0.1) is 0 Å². The number of anilines is 2. The topological polar surface area (TPSA) is 52.6 Å². The van der Waals surface area contributed by atoms with E-state index >= 15 is 0 Å². The van der Waals surface area contributed by atoms with Gasteiger partial charge in [-0.2, -0.15) is 0 Å². The van der Waals surface area contributed by atoms with E-state index in [2.05, 4.69) is 5.32 Å². The summed E-state index contributed by atoms with van der Waals surface area (Å²) >= 11 is 0. The van der Waals surface area contributed by atoms with E-state index in [0.717, 1.165) is 11.4 Å². The minimum Gasteiger partial charge on any atom is -0.508 e. The Morgan fingerprint density at radius 3 is 3.07 bits per heavy atom. The number of amides is 1. The molecule has 0 radical (unpaired) electrons. The summed E-state index contributed by atoms with van der Waals surface area (Å²) < 4.78 is 0. The quantitative estimate of drug-likeness (QED) is 0.702. The smallest absolute Gasteiger partial charge is 0.246 e. The van der Waals surface area contributed by atoms with Gasteiger partial charge in [0, 0.05) is 12.6 Å². The Morgan fingerprint density at radius 1 is 1.57 bits per heavy atom. The second kappa shape index (κ2) is 3.21. The largest absolute Gasteiger partial charge is 0.508 e. The van der Waals surface area contributed by atoms with Crippen molar-refractivity contribution in [1.29, 1.82) is 0 Å². The molecule has 0 fully saturated rings. The predicted octanol–water partition coefficient (Wildman–Crippen LogP) is 1.17. The van der Waals surface area contributed by atoms with Gasteiger partial charge in [-0.3, -0.25) is 4.79 Å². The Bertz CT molecular complexity index is 376. The highest BCUT2D eigenvalue weighted by molar-refractivity contribution is 6.02. The molecule has 74 valence electrons. The molecule has 2 N–H and O–H groups in total. The number of phenols is 1. The summed E-state index contributed by atoms with van der Waals surface area (Å²) in [7, 11) is 0. The van der Waals surface area contributed by atoms with Crippen molar-refractivity contribution < 1.29 is 9.90 Å². The first-order valence-electron chi connectivity index (χ1n) is 4.59. The zero-order valence-electron chi connectivity index (χ0n) is 7.95. The third-order valence-corrected chi connectivity index (χ3v) is 2.32. The summed E-state index contributed by atoms with van der Waals surface area (Å²) in [5.74, 6) is 0.271. The van der Waals surface area contributed by atoms with Gasteiger partial charge in [-0.25, -0.2) is 0 Å². The first-order valence-corrected chi connectivity index (χ1v) is 4.59. The van der Waals surface area contributed by atoms with Gasteiger partial charge in [0.25, 0.3) is 0 Å².